The molecule has 0 radical (unpaired) electrons. The second-order valence-corrected chi connectivity index (χ2v) is 8.96. The molecule has 0 saturated heterocycles. The first kappa shape index (κ1) is 22.9. The van der Waals surface area contributed by atoms with Crippen molar-refractivity contribution in [3.05, 3.63) is 76.5 Å². The third-order valence-corrected chi connectivity index (χ3v) is 6.01. The Morgan fingerprint density at radius 1 is 1.15 bits per heavy atom. The highest BCUT2D eigenvalue weighted by atomic mass is 32.2. The van der Waals surface area contributed by atoms with Crippen molar-refractivity contribution in [3.8, 4) is 5.75 Å². The number of allylic oxidation sites excluding steroid dienone is 1. The van der Waals surface area contributed by atoms with Crippen LogP contribution in [0.15, 0.2) is 65.0 Å². The predicted molar refractivity (Wildman–Crippen MR) is 129 cm³/mol. The Balaban J connectivity index is 1.63. The van der Waals surface area contributed by atoms with E-state index in [0.29, 0.717) is 35.6 Å². The standard InChI is InChI=1S/C25H28N4O3S/c1-5-31-23(30)21-17(4)26-24-27-25(33-6-2)28-29(24)22(21)19-10-12-20(13-11-19)32-15-18-9-7-8-16(3)14-18/h7-14,22H,5-6,15H2,1-4H3,(H,26,27,28). The number of hydrogen-bond donors (Lipinski definition) is 1. The molecule has 1 N–H and O–H groups in total. The molecule has 2 heterocycles. The maximum absolute atomic E-state index is 12.9. The zero-order chi connectivity index (χ0) is 23.4. The SMILES string of the molecule is CCOC(=O)C1=C(C)Nc2nc(SCC)nn2C1c1ccc(OCc2cccc(C)c2)cc1. The molecule has 0 saturated carbocycles. The van der Waals surface area contributed by atoms with Crippen LogP contribution in [0.5, 0.6) is 5.75 Å². The third-order valence-electron chi connectivity index (χ3n) is 5.29. The van der Waals surface area contributed by atoms with Crippen molar-refractivity contribution < 1.29 is 14.3 Å². The van der Waals surface area contributed by atoms with E-state index >= 15 is 0 Å². The zero-order valence-electron chi connectivity index (χ0n) is 19.3. The van der Waals surface area contributed by atoms with E-state index in [2.05, 4.69) is 41.4 Å². The van der Waals surface area contributed by atoms with Gasteiger partial charge in [-0.15, -0.1) is 5.10 Å². The largest absolute Gasteiger partial charge is 0.489 e. The molecule has 1 atom stereocenters. The van der Waals surface area contributed by atoms with Crippen LogP contribution in [0, 0.1) is 6.92 Å². The van der Waals surface area contributed by atoms with E-state index in [1.807, 2.05) is 43.3 Å². The highest BCUT2D eigenvalue weighted by Gasteiger charge is 2.35. The normalized spacial score (nSPS) is 15.1. The monoisotopic (exact) mass is 464 g/mol. The summed E-state index contributed by atoms with van der Waals surface area (Å²) < 4.78 is 13.1. The molecule has 0 amide bonds. The van der Waals surface area contributed by atoms with E-state index in [1.54, 1.807) is 23.4 Å². The van der Waals surface area contributed by atoms with E-state index in [0.717, 1.165) is 22.6 Å². The summed E-state index contributed by atoms with van der Waals surface area (Å²) in [6.45, 7) is 8.58. The van der Waals surface area contributed by atoms with Crippen molar-refractivity contribution in [2.45, 2.75) is 45.5 Å². The molecule has 7 nitrogen and oxygen atoms in total. The lowest BCUT2D eigenvalue weighted by Crippen LogP contribution is -2.29. The summed E-state index contributed by atoms with van der Waals surface area (Å²) in [5.74, 6) is 1.87. The van der Waals surface area contributed by atoms with Crippen LogP contribution in [-0.2, 0) is 16.1 Å². The van der Waals surface area contributed by atoms with Gasteiger partial charge in [0, 0.05) is 5.70 Å². The van der Waals surface area contributed by atoms with Gasteiger partial charge in [-0.1, -0.05) is 60.6 Å². The lowest BCUT2D eigenvalue weighted by molar-refractivity contribution is -0.139. The Morgan fingerprint density at radius 3 is 2.64 bits per heavy atom. The van der Waals surface area contributed by atoms with Crippen LogP contribution in [-0.4, -0.2) is 33.1 Å². The van der Waals surface area contributed by atoms with E-state index < -0.39 is 6.04 Å². The molecule has 8 heteroatoms. The number of thioether (sulfide) groups is 1. The molecule has 2 aromatic carbocycles. The zero-order valence-corrected chi connectivity index (χ0v) is 20.1. The highest BCUT2D eigenvalue weighted by molar-refractivity contribution is 7.99. The number of anilines is 1. The number of fused-ring (bicyclic) bond motifs is 1. The number of carbonyl (C=O) groups excluding carboxylic acids is 1. The summed E-state index contributed by atoms with van der Waals surface area (Å²) in [5.41, 5.74) is 4.46. The van der Waals surface area contributed by atoms with Gasteiger partial charge in [-0.05, 0) is 49.8 Å². The van der Waals surface area contributed by atoms with Gasteiger partial charge in [-0.2, -0.15) is 4.98 Å². The summed E-state index contributed by atoms with van der Waals surface area (Å²) in [7, 11) is 0. The van der Waals surface area contributed by atoms with Crippen LogP contribution >= 0.6 is 11.8 Å². The topological polar surface area (TPSA) is 78.3 Å². The van der Waals surface area contributed by atoms with E-state index in [9.17, 15) is 4.79 Å². The molecule has 1 aliphatic rings. The van der Waals surface area contributed by atoms with Crippen molar-refractivity contribution in [1.82, 2.24) is 14.8 Å². The van der Waals surface area contributed by atoms with Crippen LogP contribution in [0.2, 0.25) is 0 Å². The highest BCUT2D eigenvalue weighted by Crippen LogP contribution is 2.37. The Morgan fingerprint density at radius 2 is 1.94 bits per heavy atom. The fraction of sp³-hybridized carbons (Fsp3) is 0.320. The number of nitrogens with zero attached hydrogens (tertiary/aromatic N) is 3. The molecule has 0 aliphatic carbocycles. The first-order chi connectivity index (χ1) is 16.0. The number of ether oxygens (including phenoxy) is 2. The summed E-state index contributed by atoms with van der Waals surface area (Å²) in [6.07, 6.45) is 0. The molecular formula is C25H28N4O3S. The van der Waals surface area contributed by atoms with Crippen LogP contribution in [0.25, 0.3) is 0 Å². The molecule has 1 aromatic heterocycles. The summed E-state index contributed by atoms with van der Waals surface area (Å²) >= 11 is 1.56. The predicted octanol–water partition coefficient (Wildman–Crippen LogP) is 5.13. The number of carbonyl (C=O) groups is 1. The van der Waals surface area contributed by atoms with Gasteiger partial charge in [0.15, 0.2) is 0 Å². The molecule has 0 spiro atoms. The van der Waals surface area contributed by atoms with E-state index in [-0.39, 0.29) is 5.97 Å². The fourth-order valence-electron chi connectivity index (χ4n) is 3.82. The maximum Gasteiger partial charge on any atom is 0.338 e. The van der Waals surface area contributed by atoms with Gasteiger partial charge >= 0.3 is 5.97 Å². The summed E-state index contributed by atoms with van der Waals surface area (Å²) in [4.78, 5) is 17.5. The second-order valence-electron chi connectivity index (χ2n) is 7.73. The number of esters is 1. The van der Waals surface area contributed by atoms with Crippen LogP contribution in [0.4, 0.5) is 5.95 Å². The van der Waals surface area contributed by atoms with Gasteiger partial charge in [-0.3, -0.25) is 0 Å². The molecule has 0 fully saturated rings. The quantitative estimate of drug-likeness (QED) is 0.366. The number of aromatic nitrogens is 3. The molecule has 172 valence electrons. The molecule has 4 rings (SSSR count). The minimum Gasteiger partial charge on any atom is -0.489 e. The molecule has 1 aliphatic heterocycles. The van der Waals surface area contributed by atoms with Crippen LogP contribution < -0.4 is 10.1 Å². The van der Waals surface area contributed by atoms with Gasteiger partial charge < -0.3 is 14.8 Å². The van der Waals surface area contributed by atoms with E-state index in [4.69, 9.17) is 9.47 Å². The van der Waals surface area contributed by atoms with Crippen molar-refractivity contribution in [1.29, 1.82) is 0 Å². The minimum atomic E-state index is -0.440. The number of benzene rings is 2. The van der Waals surface area contributed by atoms with Gasteiger partial charge in [0.1, 0.15) is 18.4 Å². The van der Waals surface area contributed by atoms with Gasteiger partial charge in [-0.25, -0.2) is 9.48 Å². The summed E-state index contributed by atoms with van der Waals surface area (Å²) in [6, 6.07) is 15.6. The van der Waals surface area contributed by atoms with Crippen molar-refractivity contribution in [3.63, 3.8) is 0 Å². The summed E-state index contributed by atoms with van der Waals surface area (Å²) in [5, 5.41) is 8.54. The second kappa shape index (κ2) is 10.1. The van der Waals surface area contributed by atoms with Crippen molar-refractivity contribution in [2.75, 3.05) is 17.7 Å². The smallest absolute Gasteiger partial charge is 0.338 e. The molecule has 33 heavy (non-hydrogen) atoms. The van der Waals surface area contributed by atoms with Crippen LogP contribution in [0.1, 0.15) is 43.5 Å². The maximum atomic E-state index is 12.9. The van der Waals surface area contributed by atoms with Crippen molar-refractivity contribution >= 4 is 23.7 Å². The lowest BCUT2D eigenvalue weighted by Gasteiger charge is -2.28. The number of rotatable bonds is 8. The average molecular weight is 465 g/mol. The Kier molecular flexibility index (Phi) is 7.03. The van der Waals surface area contributed by atoms with Crippen molar-refractivity contribution in [2.24, 2.45) is 0 Å². The van der Waals surface area contributed by atoms with Gasteiger partial charge in [0.2, 0.25) is 11.1 Å². The molecule has 3 aromatic rings. The number of hydrogen-bond acceptors (Lipinski definition) is 7. The average Bonchev–Trinajstić information content (AvgIpc) is 3.19. The third kappa shape index (κ3) is 5.06. The Bertz CT molecular complexity index is 1170. The Hall–Kier alpha value is -3.26. The Labute approximate surface area is 198 Å². The van der Waals surface area contributed by atoms with Gasteiger partial charge in [0.25, 0.3) is 0 Å². The number of aryl methyl sites for hydroxylation is 1. The molecule has 1 unspecified atom stereocenters. The first-order valence-electron chi connectivity index (χ1n) is 11.0. The minimum absolute atomic E-state index is 0.301. The molecule has 0 bridgehead atoms. The fourth-order valence-corrected chi connectivity index (χ4v) is 4.37. The first-order valence-corrected chi connectivity index (χ1v) is 12.0. The van der Waals surface area contributed by atoms with Gasteiger partial charge in [0.05, 0.1) is 12.2 Å². The van der Waals surface area contributed by atoms with Crippen LogP contribution in [0.3, 0.4) is 0 Å². The molecular weight excluding hydrogens is 436 g/mol. The lowest BCUT2D eigenvalue weighted by atomic mass is 9.96. The van der Waals surface area contributed by atoms with E-state index in [1.165, 1.54) is 5.56 Å². The number of nitrogens with one attached hydrogen (secondary N) is 1.